The van der Waals surface area contributed by atoms with Crippen molar-refractivity contribution in [2.75, 3.05) is 0 Å². The SMILES string of the molecule is [2H]C([2H])([2H])n1cncc1CC. The van der Waals surface area contributed by atoms with E-state index in [4.69, 9.17) is 4.11 Å². The molecule has 2 nitrogen and oxygen atoms in total. The highest BCUT2D eigenvalue weighted by molar-refractivity contribution is 4.95. The average molecular weight is 113 g/mol. The highest BCUT2D eigenvalue weighted by Crippen LogP contribution is 1.94. The summed E-state index contributed by atoms with van der Waals surface area (Å²) < 4.78 is 22.5. The van der Waals surface area contributed by atoms with Crippen LogP contribution in [-0.4, -0.2) is 9.55 Å². The standard InChI is InChI=1S/C6H10N2/c1-3-6-4-7-5-8(6)2/h4-5H,3H2,1-2H3/i2D3. The first-order valence-electron chi connectivity index (χ1n) is 4.07. The zero-order valence-electron chi connectivity index (χ0n) is 7.76. The Balaban J connectivity index is 3.02. The Morgan fingerprint density at radius 2 is 2.88 bits per heavy atom. The van der Waals surface area contributed by atoms with Gasteiger partial charge in [-0.3, -0.25) is 0 Å². The second-order valence-corrected chi connectivity index (χ2v) is 1.61. The van der Waals surface area contributed by atoms with Crippen molar-refractivity contribution < 1.29 is 4.11 Å². The van der Waals surface area contributed by atoms with Crippen LogP contribution in [0.25, 0.3) is 0 Å². The summed E-state index contributed by atoms with van der Waals surface area (Å²) in [6.07, 6.45) is 3.61. The maximum absolute atomic E-state index is 7.09. The van der Waals surface area contributed by atoms with Gasteiger partial charge in [0.05, 0.1) is 6.33 Å². The number of rotatable bonds is 1. The summed E-state index contributed by atoms with van der Waals surface area (Å²) in [6.45, 7) is -0.179. The van der Waals surface area contributed by atoms with E-state index in [9.17, 15) is 0 Å². The van der Waals surface area contributed by atoms with Crippen LogP contribution in [0.5, 0.6) is 0 Å². The molecular weight excluding hydrogens is 100 g/mol. The summed E-state index contributed by atoms with van der Waals surface area (Å²) in [5.74, 6) is 0. The predicted molar refractivity (Wildman–Crippen MR) is 32.6 cm³/mol. The molecule has 0 saturated heterocycles. The molecule has 2 heteroatoms. The fourth-order valence-electron chi connectivity index (χ4n) is 0.584. The van der Waals surface area contributed by atoms with Crippen LogP contribution < -0.4 is 0 Å². The number of aryl methyl sites for hydroxylation is 2. The van der Waals surface area contributed by atoms with E-state index >= 15 is 0 Å². The number of hydrogen-bond donors (Lipinski definition) is 0. The van der Waals surface area contributed by atoms with Crippen molar-refractivity contribution in [3.05, 3.63) is 18.2 Å². The molecule has 0 saturated carbocycles. The molecule has 44 valence electrons. The molecule has 0 spiro atoms. The molecular formula is C6H10N2. The summed E-state index contributed by atoms with van der Waals surface area (Å²) in [5, 5.41) is 0. The molecule has 0 N–H and O–H groups in total. The Kier molecular flexibility index (Phi) is 0.663. The zero-order valence-corrected chi connectivity index (χ0v) is 4.76. The van der Waals surface area contributed by atoms with Gasteiger partial charge in [-0.05, 0) is 6.42 Å². The molecule has 0 unspecified atom stereocenters. The van der Waals surface area contributed by atoms with Gasteiger partial charge < -0.3 is 4.57 Å². The van der Waals surface area contributed by atoms with E-state index in [1.54, 1.807) is 6.20 Å². The van der Waals surface area contributed by atoms with Crippen LogP contribution in [0, 0.1) is 0 Å². The fraction of sp³-hybridized carbons (Fsp3) is 0.500. The van der Waals surface area contributed by atoms with Crippen LogP contribution in [0.4, 0.5) is 0 Å². The summed E-state index contributed by atoms with van der Waals surface area (Å²) in [7, 11) is 0. The molecule has 8 heavy (non-hydrogen) atoms. The van der Waals surface area contributed by atoms with Gasteiger partial charge in [-0.2, -0.15) is 0 Å². The monoisotopic (exact) mass is 113 g/mol. The van der Waals surface area contributed by atoms with E-state index in [1.807, 2.05) is 6.92 Å². The maximum atomic E-state index is 7.09. The first-order chi connectivity index (χ1) is 5.05. The van der Waals surface area contributed by atoms with E-state index in [0.717, 1.165) is 5.69 Å². The van der Waals surface area contributed by atoms with E-state index in [2.05, 4.69) is 4.98 Å². The van der Waals surface area contributed by atoms with Gasteiger partial charge in [-0.1, -0.05) is 6.92 Å². The number of hydrogen-bond acceptors (Lipinski definition) is 1. The number of nitrogens with zero attached hydrogens (tertiary/aromatic N) is 2. The van der Waals surface area contributed by atoms with Crippen molar-refractivity contribution in [3.8, 4) is 0 Å². The lowest BCUT2D eigenvalue weighted by atomic mass is 10.4. The molecule has 0 radical (unpaired) electrons. The number of imidazole rings is 1. The summed E-state index contributed by atoms with van der Waals surface area (Å²) in [5.41, 5.74) is 0.741. The van der Waals surface area contributed by atoms with Crippen LogP contribution in [0.15, 0.2) is 12.5 Å². The van der Waals surface area contributed by atoms with Crippen LogP contribution in [0.3, 0.4) is 0 Å². The Hall–Kier alpha value is -0.790. The van der Waals surface area contributed by atoms with Crippen molar-refractivity contribution in [2.45, 2.75) is 13.3 Å². The van der Waals surface area contributed by atoms with Crippen molar-refractivity contribution >= 4 is 0 Å². The first kappa shape index (κ1) is 2.67. The minimum atomic E-state index is -2.08. The van der Waals surface area contributed by atoms with Gasteiger partial charge >= 0.3 is 0 Å². The maximum Gasteiger partial charge on any atom is 0.0945 e. The van der Waals surface area contributed by atoms with Gasteiger partial charge in [-0.15, -0.1) is 0 Å². The highest BCUT2D eigenvalue weighted by atomic mass is 15.0. The largest absolute Gasteiger partial charge is 0.338 e. The molecule has 0 aliphatic heterocycles. The van der Waals surface area contributed by atoms with Crippen LogP contribution in [0.1, 0.15) is 16.7 Å². The second kappa shape index (κ2) is 1.99. The topological polar surface area (TPSA) is 17.8 Å². The Morgan fingerprint density at radius 3 is 3.38 bits per heavy atom. The smallest absolute Gasteiger partial charge is 0.0945 e. The third kappa shape index (κ3) is 0.735. The van der Waals surface area contributed by atoms with Crippen molar-refractivity contribution in [1.29, 1.82) is 0 Å². The Morgan fingerprint density at radius 1 is 2.00 bits per heavy atom. The third-order valence-electron chi connectivity index (χ3n) is 1.08. The molecule has 1 aromatic rings. The van der Waals surface area contributed by atoms with E-state index in [1.165, 1.54) is 10.9 Å². The molecule has 0 atom stereocenters. The average Bonchev–Trinajstić information content (AvgIpc) is 2.31. The summed E-state index contributed by atoms with van der Waals surface area (Å²) in [4.78, 5) is 3.76. The van der Waals surface area contributed by atoms with Gasteiger partial charge in [0.1, 0.15) is 0 Å². The van der Waals surface area contributed by atoms with E-state index in [0.29, 0.717) is 6.42 Å². The van der Waals surface area contributed by atoms with Crippen LogP contribution in [0.2, 0.25) is 0 Å². The lowest BCUT2D eigenvalue weighted by Gasteiger charge is -1.93. The third-order valence-corrected chi connectivity index (χ3v) is 1.08. The lowest BCUT2D eigenvalue weighted by Crippen LogP contribution is -1.90. The predicted octanol–water partition coefficient (Wildman–Crippen LogP) is 0.982. The lowest BCUT2D eigenvalue weighted by molar-refractivity contribution is 0.833. The van der Waals surface area contributed by atoms with Crippen molar-refractivity contribution in [2.24, 2.45) is 6.98 Å². The molecule has 0 aliphatic carbocycles. The van der Waals surface area contributed by atoms with Gasteiger partial charge in [0.15, 0.2) is 0 Å². The molecule has 1 aromatic heterocycles. The molecule has 0 aliphatic rings. The quantitative estimate of drug-likeness (QED) is 0.531. The summed E-state index contributed by atoms with van der Waals surface area (Å²) >= 11 is 0. The molecule has 1 rings (SSSR count). The van der Waals surface area contributed by atoms with Crippen LogP contribution in [-0.2, 0) is 13.4 Å². The highest BCUT2D eigenvalue weighted by Gasteiger charge is 1.89. The fourth-order valence-corrected chi connectivity index (χ4v) is 0.584. The van der Waals surface area contributed by atoms with Gasteiger partial charge in [0.2, 0.25) is 0 Å². The van der Waals surface area contributed by atoms with Gasteiger partial charge in [0, 0.05) is 23.0 Å². The minimum Gasteiger partial charge on any atom is -0.338 e. The first-order valence-corrected chi connectivity index (χ1v) is 2.57. The molecule has 0 bridgehead atoms. The Labute approximate surface area is 53.4 Å². The molecule has 0 aromatic carbocycles. The van der Waals surface area contributed by atoms with Crippen molar-refractivity contribution in [3.63, 3.8) is 0 Å². The van der Waals surface area contributed by atoms with Gasteiger partial charge in [0.25, 0.3) is 0 Å². The number of aromatic nitrogens is 2. The van der Waals surface area contributed by atoms with Crippen molar-refractivity contribution in [1.82, 2.24) is 9.55 Å². The zero-order chi connectivity index (χ0) is 8.48. The van der Waals surface area contributed by atoms with Gasteiger partial charge in [-0.25, -0.2) is 4.98 Å². The summed E-state index contributed by atoms with van der Waals surface area (Å²) in [6, 6.07) is 0. The normalized spacial score (nSPS) is 16.9. The molecule has 1 heterocycles. The van der Waals surface area contributed by atoms with E-state index < -0.39 is 6.98 Å². The second-order valence-electron chi connectivity index (χ2n) is 1.61. The Bertz CT molecular complexity index is 238. The van der Waals surface area contributed by atoms with Crippen LogP contribution >= 0.6 is 0 Å². The minimum absolute atomic E-state index is 0.693. The van der Waals surface area contributed by atoms with E-state index in [-0.39, 0.29) is 0 Å². The molecule has 0 amide bonds. The molecule has 0 fully saturated rings.